The Morgan fingerprint density at radius 1 is 1.32 bits per heavy atom. The van der Waals surface area contributed by atoms with Gasteiger partial charge in [-0.15, -0.1) is 0 Å². The van der Waals surface area contributed by atoms with E-state index in [0.717, 1.165) is 18.4 Å². The molecule has 0 radical (unpaired) electrons. The quantitative estimate of drug-likeness (QED) is 0.887. The fourth-order valence-electron chi connectivity index (χ4n) is 3.28. The van der Waals surface area contributed by atoms with E-state index < -0.39 is 5.54 Å². The molecule has 6 heteroatoms. The topological polar surface area (TPSA) is 66.6 Å². The van der Waals surface area contributed by atoms with Gasteiger partial charge < -0.3 is 10.6 Å². The zero-order valence-corrected chi connectivity index (χ0v) is 15.3. The molecular formula is C19H28FN3O2. The van der Waals surface area contributed by atoms with Crippen molar-refractivity contribution in [3.05, 3.63) is 35.6 Å². The summed E-state index contributed by atoms with van der Waals surface area (Å²) in [6.45, 7) is 7.02. The third-order valence-corrected chi connectivity index (χ3v) is 4.62. The Bertz CT molecular complexity index is 627. The second-order valence-corrected chi connectivity index (χ2v) is 7.67. The van der Waals surface area contributed by atoms with Crippen LogP contribution in [0.4, 0.5) is 4.39 Å². The summed E-state index contributed by atoms with van der Waals surface area (Å²) >= 11 is 0. The van der Waals surface area contributed by atoms with Gasteiger partial charge in [0.05, 0.1) is 12.6 Å². The first-order valence-corrected chi connectivity index (χ1v) is 8.77. The molecule has 0 saturated carbocycles. The predicted molar refractivity (Wildman–Crippen MR) is 95.1 cm³/mol. The Morgan fingerprint density at radius 3 is 2.64 bits per heavy atom. The first kappa shape index (κ1) is 19.4. The van der Waals surface area contributed by atoms with Crippen LogP contribution in [0.25, 0.3) is 0 Å². The number of nitrogens with two attached hydrogens (primary N) is 1. The Morgan fingerprint density at radius 2 is 2.04 bits per heavy atom. The molecule has 1 aliphatic rings. The summed E-state index contributed by atoms with van der Waals surface area (Å²) in [6.07, 6.45) is 2.60. The molecule has 2 rings (SSSR count). The van der Waals surface area contributed by atoms with Crippen molar-refractivity contribution in [2.75, 3.05) is 13.1 Å². The van der Waals surface area contributed by atoms with Crippen LogP contribution in [0.1, 0.15) is 45.6 Å². The van der Waals surface area contributed by atoms with Crippen molar-refractivity contribution in [2.24, 2.45) is 5.73 Å². The maximum absolute atomic E-state index is 13.5. The number of hydrogen-bond donors (Lipinski definition) is 1. The van der Waals surface area contributed by atoms with Gasteiger partial charge in [0, 0.05) is 12.1 Å². The number of hydrogen-bond acceptors (Lipinski definition) is 3. The lowest BCUT2D eigenvalue weighted by Crippen LogP contribution is -2.54. The smallest absolute Gasteiger partial charge is 0.237 e. The number of carbonyl (C=O) groups excluding carboxylic acids is 2. The molecule has 1 aromatic carbocycles. The number of likely N-dealkylation sites (tertiary alicyclic amines) is 1. The van der Waals surface area contributed by atoms with Crippen LogP contribution in [0.2, 0.25) is 0 Å². The standard InChI is InChI=1S/C19H28FN3O2/c1-19(2,3)23(12-14-7-6-8-15(20)11-14)17(24)13-22-10-5-4-9-16(22)18(21)25/h6-8,11,16H,4-5,9-10,12-13H2,1-3H3,(H2,21,25). The minimum atomic E-state index is -0.415. The van der Waals surface area contributed by atoms with Gasteiger partial charge in [0.25, 0.3) is 0 Å². The van der Waals surface area contributed by atoms with Gasteiger partial charge in [-0.3, -0.25) is 14.5 Å². The van der Waals surface area contributed by atoms with Gasteiger partial charge in [-0.25, -0.2) is 4.39 Å². The number of benzene rings is 1. The SMILES string of the molecule is CC(C)(C)N(Cc1cccc(F)c1)C(=O)CN1CCCCC1C(N)=O. The number of nitrogens with zero attached hydrogens (tertiary/aromatic N) is 2. The van der Waals surface area contributed by atoms with Crippen molar-refractivity contribution in [3.63, 3.8) is 0 Å². The Labute approximate surface area is 149 Å². The third kappa shape index (κ3) is 5.26. The zero-order chi connectivity index (χ0) is 18.6. The molecule has 2 N–H and O–H groups in total. The van der Waals surface area contributed by atoms with E-state index in [1.165, 1.54) is 12.1 Å². The van der Waals surface area contributed by atoms with E-state index in [-0.39, 0.29) is 30.2 Å². The summed E-state index contributed by atoms with van der Waals surface area (Å²) in [5.41, 5.74) is 5.82. The van der Waals surface area contributed by atoms with Gasteiger partial charge in [0.15, 0.2) is 0 Å². The average molecular weight is 349 g/mol. The highest BCUT2D eigenvalue weighted by Crippen LogP contribution is 2.21. The maximum Gasteiger partial charge on any atom is 0.237 e. The average Bonchev–Trinajstić information content (AvgIpc) is 2.52. The van der Waals surface area contributed by atoms with Crippen LogP contribution < -0.4 is 5.73 Å². The lowest BCUT2D eigenvalue weighted by atomic mass is 10.0. The van der Waals surface area contributed by atoms with Gasteiger partial charge >= 0.3 is 0 Å². The monoisotopic (exact) mass is 349 g/mol. The summed E-state index contributed by atoms with van der Waals surface area (Å²) in [7, 11) is 0. The highest BCUT2D eigenvalue weighted by molar-refractivity contribution is 5.83. The number of piperidine rings is 1. The Kier molecular flexibility index (Phi) is 6.16. The van der Waals surface area contributed by atoms with E-state index in [2.05, 4.69) is 0 Å². The van der Waals surface area contributed by atoms with E-state index >= 15 is 0 Å². The fraction of sp³-hybridized carbons (Fsp3) is 0.579. The van der Waals surface area contributed by atoms with Gasteiger partial charge in [-0.05, 0) is 57.9 Å². The summed E-state index contributed by atoms with van der Waals surface area (Å²) in [5, 5.41) is 0. The molecule has 1 saturated heterocycles. The van der Waals surface area contributed by atoms with Crippen LogP contribution in [-0.4, -0.2) is 46.3 Å². The molecule has 0 spiro atoms. The maximum atomic E-state index is 13.5. The summed E-state index contributed by atoms with van der Waals surface area (Å²) < 4.78 is 13.5. The number of carbonyl (C=O) groups is 2. The Balaban J connectivity index is 2.14. The first-order chi connectivity index (χ1) is 11.7. The van der Waals surface area contributed by atoms with Crippen molar-refractivity contribution in [2.45, 2.75) is 58.2 Å². The molecule has 0 aliphatic carbocycles. The minimum Gasteiger partial charge on any atom is -0.368 e. The molecule has 1 aliphatic heterocycles. The van der Waals surface area contributed by atoms with Crippen LogP contribution in [0, 0.1) is 5.82 Å². The van der Waals surface area contributed by atoms with E-state index in [4.69, 9.17) is 5.73 Å². The second-order valence-electron chi connectivity index (χ2n) is 7.67. The van der Waals surface area contributed by atoms with Gasteiger partial charge in [-0.2, -0.15) is 0 Å². The number of rotatable bonds is 5. The highest BCUT2D eigenvalue weighted by atomic mass is 19.1. The van der Waals surface area contributed by atoms with Crippen molar-refractivity contribution in [1.29, 1.82) is 0 Å². The lowest BCUT2D eigenvalue weighted by Gasteiger charge is -2.39. The molecule has 0 bridgehead atoms. The molecule has 25 heavy (non-hydrogen) atoms. The van der Waals surface area contributed by atoms with Crippen LogP contribution >= 0.6 is 0 Å². The van der Waals surface area contributed by atoms with E-state index in [1.54, 1.807) is 11.0 Å². The van der Waals surface area contributed by atoms with Crippen LogP contribution in [0.5, 0.6) is 0 Å². The van der Waals surface area contributed by atoms with Crippen molar-refractivity contribution >= 4 is 11.8 Å². The fourth-order valence-corrected chi connectivity index (χ4v) is 3.28. The van der Waals surface area contributed by atoms with Crippen molar-refractivity contribution in [1.82, 2.24) is 9.80 Å². The lowest BCUT2D eigenvalue weighted by molar-refractivity contribution is -0.140. The minimum absolute atomic E-state index is 0.0788. The molecular weight excluding hydrogens is 321 g/mol. The van der Waals surface area contributed by atoms with Crippen LogP contribution in [0.15, 0.2) is 24.3 Å². The van der Waals surface area contributed by atoms with Crippen molar-refractivity contribution < 1.29 is 14.0 Å². The third-order valence-electron chi connectivity index (χ3n) is 4.62. The first-order valence-electron chi connectivity index (χ1n) is 8.77. The normalized spacial score (nSPS) is 18.8. The van der Waals surface area contributed by atoms with E-state index in [1.807, 2.05) is 31.7 Å². The largest absolute Gasteiger partial charge is 0.368 e. The molecule has 1 fully saturated rings. The summed E-state index contributed by atoms with van der Waals surface area (Å²) in [4.78, 5) is 28.2. The molecule has 1 unspecified atom stereocenters. The van der Waals surface area contributed by atoms with E-state index in [0.29, 0.717) is 19.5 Å². The highest BCUT2D eigenvalue weighted by Gasteiger charge is 2.32. The number of amides is 2. The summed E-state index contributed by atoms with van der Waals surface area (Å²) in [6, 6.07) is 5.90. The molecule has 1 heterocycles. The van der Waals surface area contributed by atoms with Gasteiger partial charge in [0.1, 0.15) is 5.82 Å². The van der Waals surface area contributed by atoms with Crippen LogP contribution in [-0.2, 0) is 16.1 Å². The molecule has 0 aromatic heterocycles. The van der Waals surface area contributed by atoms with Crippen LogP contribution in [0.3, 0.4) is 0 Å². The van der Waals surface area contributed by atoms with E-state index in [9.17, 15) is 14.0 Å². The number of primary amides is 1. The molecule has 1 atom stereocenters. The predicted octanol–water partition coefficient (Wildman–Crippen LogP) is 2.29. The van der Waals surface area contributed by atoms with Gasteiger partial charge in [-0.1, -0.05) is 18.6 Å². The Hall–Kier alpha value is -1.95. The second kappa shape index (κ2) is 7.95. The number of halogens is 1. The van der Waals surface area contributed by atoms with Crippen molar-refractivity contribution in [3.8, 4) is 0 Å². The molecule has 1 aromatic rings. The molecule has 138 valence electrons. The van der Waals surface area contributed by atoms with Gasteiger partial charge in [0.2, 0.25) is 11.8 Å². The molecule has 2 amide bonds. The molecule has 5 nitrogen and oxygen atoms in total. The zero-order valence-electron chi connectivity index (χ0n) is 15.3. The summed E-state index contributed by atoms with van der Waals surface area (Å²) in [5.74, 6) is -0.770.